The van der Waals surface area contributed by atoms with Crippen molar-refractivity contribution in [2.75, 3.05) is 11.9 Å². The summed E-state index contributed by atoms with van der Waals surface area (Å²) in [5, 5.41) is 3.29. The van der Waals surface area contributed by atoms with Gasteiger partial charge in [-0.1, -0.05) is 11.6 Å². The van der Waals surface area contributed by atoms with Crippen LogP contribution in [0.2, 0.25) is 0 Å². The summed E-state index contributed by atoms with van der Waals surface area (Å²) in [6.45, 7) is 4.94. The lowest BCUT2D eigenvalue weighted by atomic mass is 10.2. The predicted octanol–water partition coefficient (Wildman–Crippen LogP) is 3.01. The van der Waals surface area contributed by atoms with Crippen molar-refractivity contribution in [1.29, 1.82) is 0 Å². The number of rotatable bonds is 4. The number of hydrogen-bond donors (Lipinski definition) is 1. The molecular formula is C13H19N3. The van der Waals surface area contributed by atoms with Crippen molar-refractivity contribution < 1.29 is 0 Å². The molecule has 0 aromatic carbocycles. The second kappa shape index (κ2) is 5.10. The van der Waals surface area contributed by atoms with Crippen molar-refractivity contribution in [3.05, 3.63) is 29.1 Å². The van der Waals surface area contributed by atoms with Gasteiger partial charge in [0.15, 0.2) is 0 Å². The Balaban J connectivity index is 1.84. The molecule has 0 bridgehead atoms. The topological polar surface area (TPSA) is 37.8 Å². The minimum atomic E-state index is 0.760. The van der Waals surface area contributed by atoms with Gasteiger partial charge in [-0.3, -0.25) is 0 Å². The summed E-state index contributed by atoms with van der Waals surface area (Å²) in [5.41, 5.74) is 3.63. The van der Waals surface area contributed by atoms with Crippen molar-refractivity contribution >= 4 is 5.95 Å². The monoisotopic (exact) mass is 217 g/mol. The number of allylic oxidation sites excluding steroid dienone is 1. The Labute approximate surface area is 97.0 Å². The number of aryl methyl sites for hydroxylation is 2. The van der Waals surface area contributed by atoms with E-state index in [-0.39, 0.29) is 0 Å². The van der Waals surface area contributed by atoms with Gasteiger partial charge in [-0.2, -0.15) is 0 Å². The minimum absolute atomic E-state index is 0.760. The summed E-state index contributed by atoms with van der Waals surface area (Å²) in [6, 6.07) is 1.99. The maximum atomic E-state index is 4.36. The summed E-state index contributed by atoms with van der Waals surface area (Å²) >= 11 is 0. The van der Waals surface area contributed by atoms with E-state index >= 15 is 0 Å². The van der Waals surface area contributed by atoms with Crippen LogP contribution in [0.5, 0.6) is 0 Å². The van der Waals surface area contributed by atoms with Crippen LogP contribution in [-0.4, -0.2) is 16.5 Å². The number of nitrogens with zero attached hydrogens (tertiary/aromatic N) is 2. The largest absolute Gasteiger partial charge is 0.354 e. The van der Waals surface area contributed by atoms with Gasteiger partial charge in [-0.15, -0.1) is 0 Å². The van der Waals surface area contributed by atoms with Gasteiger partial charge in [0.1, 0.15) is 0 Å². The summed E-state index contributed by atoms with van der Waals surface area (Å²) in [7, 11) is 0. The van der Waals surface area contributed by atoms with E-state index in [1.807, 2.05) is 19.9 Å². The fraction of sp³-hybridized carbons (Fsp3) is 0.538. The van der Waals surface area contributed by atoms with Crippen LogP contribution >= 0.6 is 0 Å². The molecule has 16 heavy (non-hydrogen) atoms. The van der Waals surface area contributed by atoms with E-state index in [2.05, 4.69) is 21.4 Å². The highest BCUT2D eigenvalue weighted by atomic mass is 15.1. The number of aromatic nitrogens is 2. The SMILES string of the molecule is Cc1cc(C)nc(NCCC2=CCCC2)n1. The lowest BCUT2D eigenvalue weighted by Gasteiger charge is -2.06. The van der Waals surface area contributed by atoms with Crippen LogP contribution in [0.1, 0.15) is 37.1 Å². The molecule has 1 aromatic heterocycles. The smallest absolute Gasteiger partial charge is 0.223 e. The standard InChI is InChI=1S/C13H19N3/c1-10-9-11(2)16-13(15-10)14-8-7-12-5-3-4-6-12/h5,9H,3-4,6-8H2,1-2H3,(H,14,15,16). The molecule has 3 nitrogen and oxygen atoms in total. The van der Waals surface area contributed by atoms with E-state index < -0.39 is 0 Å². The highest BCUT2D eigenvalue weighted by Gasteiger charge is 2.04. The number of anilines is 1. The minimum Gasteiger partial charge on any atom is -0.354 e. The third kappa shape index (κ3) is 3.05. The first-order valence-corrected chi connectivity index (χ1v) is 5.98. The molecule has 0 saturated carbocycles. The summed E-state index contributed by atoms with van der Waals surface area (Å²) in [6.07, 6.45) is 7.35. The van der Waals surface area contributed by atoms with E-state index in [0.717, 1.165) is 30.3 Å². The molecule has 0 spiro atoms. The average Bonchev–Trinajstić information content (AvgIpc) is 2.69. The molecule has 1 aromatic rings. The third-order valence-electron chi connectivity index (χ3n) is 2.85. The molecule has 1 aliphatic rings. The second-order valence-electron chi connectivity index (χ2n) is 4.41. The fourth-order valence-electron chi connectivity index (χ4n) is 2.10. The first-order valence-electron chi connectivity index (χ1n) is 5.98. The molecule has 86 valence electrons. The quantitative estimate of drug-likeness (QED) is 0.788. The first kappa shape index (κ1) is 11.1. The Morgan fingerprint density at radius 1 is 1.25 bits per heavy atom. The fourth-order valence-corrected chi connectivity index (χ4v) is 2.10. The number of hydrogen-bond acceptors (Lipinski definition) is 3. The van der Waals surface area contributed by atoms with Gasteiger partial charge >= 0.3 is 0 Å². The molecule has 3 heteroatoms. The highest BCUT2D eigenvalue weighted by Crippen LogP contribution is 2.20. The van der Waals surface area contributed by atoms with Gasteiger partial charge in [0.25, 0.3) is 0 Å². The maximum absolute atomic E-state index is 4.36. The molecule has 1 heterocycles. The molecule has 0 fully saturated rings. The Kier molecular flexibility index (Phi) is 3.54. The third-order valence-corrected chi connectivity index (χ3v) is 2.85. The second-order valence-corrected chi connectivity index (χ2v) is 4.41. The van der Waals surface area contributed by atoms with Gasteiger partial charge < -0.3 is 5.32 Å². The molecule has 0 unspecified atom stereocenters. The van der Waals surface area contributed by atoms with E-state index in [1.165, 1.54) is 19.3 Å². The van der Waals surface area contributed by atoms with Gasteiger partial charge in [0.05, 0.1) is 0 Å². The van der Waals surface area contributed by atoms with E-state index in [4.69, 9.17) is 0 Å². The van der Waals surface area contributed by atoms with Crippen molar-refractivity contribution in [2.45, 2.75) is 39.5 Å². The average molecular weight is 217 g/mol. The zero-order valence-corrected chi connectivity index (χ0v) is 10.1. The molecule has 0 radical (unpaired) electrons. The highest BCUT2D eigenvalue weighted by molar-refractivity contribution is 5.28. The van der Waals surface area contributed by atoms with Crippen LogP contribution in [-0.2, 0) is 0 Å². The molecule has 2 rings (SSSR count). The van der Waals surface area contributed by atoms with Crippen molar-refractivity contribution in [1.82, 2.24) is 9.97 Å². The first-order chi connectivity index (χ1) is 7.74. The van der Waals surface area contributed by atoms with E-state index in [1.54, 1.807) is 5.57 Å². The lowest BCUT2D eigenvalue weighted by Crippen LogP contribution is -2.07. The van der Waals surface area contributed by atoms with Crippen LogP contribution in [0.4, 0.5) is 5.95 Å². The van der Waals surface area contributed by atoms with Crippen molar-refractivity contribution in [3.63, 3.8) is 0 Å². The summed E-state index contributed by atoms with van der Waals surface area (Å²) < 4.78 is 0. The Bertz CT molecular complexity index is 376. The molecule has 0 saturated heterocycles. The van der Waals surface area contributed by atoms with Crippen LogP contribution < -0.4 is 5.32 Å². The summed E-state index contributed by atoms with van der Waals surface area (Å²) in [4.78, 5) is 8.71. The van der Waals surface area contributed by atoms with Crippen LogP contribution in [0.15, 0.2) is 17.7 Å². The van der Waals surface area contributed by atoms with Crippen molar-refractivity contribution in [2.24, 2.45) is 0 Å². The normalized spacial score (nSPS) is 15.0. The van der Waals surface area contributed by atoms with Gasteiger partial charge in [0, 0.05) is 17.9 Å². The molecule has 0 aliphatic heterocycles. The van der Waals surface area contributed by atoms with Crippen molar-refractivity contribution in [3.8, 4) is 0 Å². The van der Waals surface area contributed by atoms with Gasteiger partial charge in [0.2, 0.25) is 5.95 Å². The molecule has 1 N–H and O–H groups in total. The number of nitrogens with one attached hydrogen (secondary N) is 1. The predicted molar refractivity (Wildman–Crippen MR) is 66.5 cm³/mol. The summed E-state index contributed by atoms with van der Waals surface area (Å²) in [5.74, 6) is 0.760. The zero-order valence-electron chi connectivity index (χ0n) is 10.1. The lowest BCUT2D eigenvalue weighted by molar-refractivity contribution is 0.858. The molecule has 1 aliphatic carbocycles. The Morgan fingerprint density at radius 3 is 2.62 bits per heavy atom. The Morgan fingerprint density at radius 2 is 2.00 bits per heavy atom. The zero-order chi connectivity index (χ0) is 11.4. The van der Waals surface area contributed by atoms with Crippen LogP contribution in [0, 0.1) is 13.8 Å². The van der Waals surface area contributed by atoms with E-state index in [9.17, 15) is 0 Å². The maximum Gasteiger partial charge on any atom is 0.223 e. The van der Waals surface area contributed by atoms with Crippen LogP contribution in [0.25, 0.3) is 0 Å². The van der Waals surface area contributed by atoms with Crippen LogP contribution in [0.3, 0.4) is 0 Å². The molecule has 0 amide bonds. The van der Waals surface area contributed by atoms with Gasteiger partial charge in [-0.25, -0.2) is 9.97 Å². The van der Waals surface area contributed by atoms with E-state index in [0.29, 0.717) is 0 Å². The molecule has 0 atom stereocenters. The van der Waals surface area contributed by atoms with Gasteiger partial charge in [-0.05, 0) is 45.6 Å². The Hall–Kier alpha value is -1.38. The molecular weight excluding hydrogens is 198 g/mol.